The first-order valence-corrected chi connectivity index (χ1v) is 5.79. The number of carbonyl (C=O) groups excluding carboxylic acids is 1. The average molecular weight is 225 g/mol. The van der Waals surface area contributed by atoms with Crippen molar-refractivity contribution in [1.82, 2.24) is 0 Å². The smallest absolute Gasteiger partial charge is 0.165 e. The number of hydrogen-bond acceptors (Lipinski definition) is 2. The Morgan fingerprint density at radius 3 is 2.76 bits per heavy atom. The molecule has 0 aromatic heterocycles. The van der Waals surface area contributed by atoms with Crippen molar-refractivity contribution in [3.05, 3.63) is 40.0 Å². The Labute approximate surface area is 102 Å². The number of aryl methyl sites for hydroxylation is 1. The summed E-state index contributed by atoms with van der Waals surface area (Å²) in [5.41, 5.74) is 4.95. The van der Waals surface area contributed by atoms with Gasteiger partial charge in [0.1, 0.15) is 0 Å². The van der Waals surface area contributed by atoms with Gasteiger partial charge in [-0.15, -0.1) is 0 Å². The fraction of sp³-hybridized carbons (Fsp3) is 0.333. The Morgan fingerprint density at radius 1 is 1.47 bits per heavy atom. The zero-order valence-electron chi connectivity index (χ0n) is 10.4. The molecule has 0 heterocycles. The van der Waals surface area contributed by atoms with Gasteiger partial charge in [0.2, 0.25) is 0 Å². The molecule has 1 unspecified atom stereocenters. The molecule has 0 bridgehead atoms. The van der Waals surface area contributed by atoms with Crippen molar-refractivity contribution in [2.45, 2.75) is 33.1 Å². The van der Waals surface area contributed by atoms with Gasteiger partial charge in [-0.3, -0.25) is 4.79 Å². The number of Topliss-reactive ketones (excluding diaryl/α,β-unsaturated/α-hetero) is 1. The Kier molecular flexibility index (Phi) is 2.85. The van der Waals surface area contributed by atoms with Gasteiger partial charge in [-0.1, -0.05) is 18.2 Å². The van der Waals surface area contributed by atoms with Crippen LogP contribution in [0.2, 0.25) is 0 Å². The van der Waals surface area contributed by atoms with Crippen LogP contribution in [-0.4, -0.2) is 5.78 Å². The number of fused-ring (bicyclic) bond motifs is 1. The maximum Gasteiger partial charge on any atom is 0.165 e. The molecule has 2 rings (SSSR count). The molecule has 17 heavy (non-hydrogen) atoms. The van der Waals surface area contributed by atoms with E-state index in [-0.39, 0.29) is 11.7 Å². The monoisotopic (exact) mass is 225 g/mol. The van der Waals surface area contributed by atoms with Crippen LogP contribution in [0.15, 0.2) is 12.1 Å². The van der Waals surface area contributed by atoms with Gasteiger partial charge in [0, 0.05) is 12.0 Å². The molecule has 0 spiro atoms. The SMILES string of the molecule is C/C=C/c1c(C)cc2c(c1C)C(=O)CC2C#N. The van der Waals surface area contributed by atoms with Crippen molar-refractivity contribution in [2.24, 2.45) is 0 Å². The lowest BCUT2D eigenvalue weighted by Crippen LogP contribution is -2.00. The van der Waals surface area contributed by atoms with Crippen LogP contribution in [0.25, 0.3) is 6.08 Å². The summed E-state index contributed by atoms with van der Waals surface area (Å²) in [4.78, 5) is 11.9. The van der Waals surface area contributed by atoms with E-state index in [1.54, 1.807) is 0 Å². The van der Waals surface area contributed by atoms with Gasteiger partial charge >= 0.3 is 0 Å². The summed E-state index contributed by atoms with van der Waals surface area (Å²) >= 11 is 0. The Hall–Kier alpha value is -1.88. The lowest BCUT2D eigenvalue weighted by atomic mass is 9.92. The Balaban J connectivity index is 2.73. The highest BCUT2D eigenvalue weighted by Gasteiger charge is 2.31. The second-order valence-electron chi connectivity index (χ2n) is 4.51. The van der Waals surface area contributed by atoms with E-state index in [9.17, 15) is 4.79 Å². The number of nitriles is 1. The van der Waals surface area contributed by atoms with E-state index in [0.29, 0.717) is 6.42 Å². The molecule has 0 amide bonds. The quantitative estimate of drug-likeness (QED) is 0.733. The standard InChI is InChI=1S/C15H15NO/c1-4-5-12-9(2)6-13-11(8-16)7-14(17)15(13)10(12)3/h4-6,11H,7H2,1-3H3/b5-4+. The van der Waals surface area contributed by atoms with Gasteiger partial charge in [0.15, 0.2) is 5.78 Å². The van der Waals surface area contributed by atoms with Crippen molar-refractivity contribution < 1.29 is 4.79 Å². The summed E-state index contributed by atoms with van der Waals surface area (Å²) < 4.78 is 0. The van der Waals surface area contributed by atoms with Crippen LogP contribution < -0.4 is 0 Å². The molecule has 1 aromatic rings. The van der Waals surface area contributed by atoms with Crippen LogP contribution >= 0.6 is 0 Å². The molecule has 0 fully saturated rings. The highest BCUT2D eigenvalue weighted by molar-refractivity contribution is 6.04. The first kappa shape index (κ1) is 11.6. The molecule has 1 aliphatic rings. The molecule has 2 nitrogen and oxygen atoms in total. The number of ketones is 1. The van der Waals surface area contributed by atoms with Gasteiger partial charge < -0.3 is 0 Å². The fourth-order valence-electron chi connectivity index (χ4n) is 2.61. The number of nitrogens with zero attached hydrogens (tertiary/aromatic N) is 1. The molecule has 0 saturated carbocycles. The minimum atomic E-state index is -0.255. The number of hydrogen-bond donors (Lipinski definition) is 0. The van der Waals surface area contributed by atoms with Crippen LogP contribution in [0, 0.1) is 25.2 Å². The van der Waals surface area contributed by atoms with Gasteiger partial charge in [-0.25, -0.2) is 0 Å². The van der Waals surface area contributed by atoms with Crippen LogP contribution in [0.5, 0.6) is 0 Å². The number of benzene rings is 1. The Morgan fingerprint density at radius 2 is 2.18 bits per heavy atom. The summed E-state index contributed by atoms with van der Waals surface area (Å²) in [5, 5.41) is 9.07. The normalized spacial score (nSPS) is 18.5. The van der Waals surface area contributed by atoms with Crippen molar-refractivity contribution in [2.75, 3.05) is 0 Å². The van der Waals surface area contributed by atoms with E-state index in [2.05, 4.69) is 6.07 Å². The van der Waals surface area contributed by atoms with E-state index >= 15 is 0 Å². The fourth-order valence-corrected chi connectivity index (χ4v) is 2.61. The maximum atomic E-state index is 11.9. The van der Waals surface area contributed by atoms with Gasteiger partial charge in [0.25, 0.3) is 0 Å². The summed E-state index contributed by atoms with van der Waals surface area (Å²) in [6.45, 7) is 5.96. The molecule has 0 N–H and O–H groups in total. The summed E-state index contributed by atoms with van der Waals surface area (Å²) in [6, 6.07) is 4.21. The zero-order chi connectivity index (χ0) is 12.6. The number of allylic oxidation sites excluding steroid dienone is 1. The molecule has 1 aliphatic carbocycles. The maximum absolute atomic E-state index is 11.9. The van der Waals surface area contributed by atoms with Gasteiger partial charge in [-0.05, 0) is 43.0 Å². The highest BCUT2D eigenvalue weighted by atomic mass is 16.1. The Bertz CT molecular complexity index is 561. The van der Waals surface area contributed by atoms with Crippen molar-refractivity contribution in [3.8, 4) is 6.07 Å². The second kappa shape index (κ2) is 4.18. The van der Waals surface area contributed by atoms with Crippen LogP contribution in [0.1, 0.15) is 51.9 Å². The van der Waals surface area contributed by atoms with E-state index in [4.69, 9.17) is 5.26 Å². The predicted molar refractivity (Wildman–Crippen MR) is 67.9 cm³/mol. The minimum Gasteiger partial charge on any atom is -0.294 e. The van der Waals surface area contributed by atoms with Crippen molar-refractivity contribution >= 4 is 11.9 Å². The minimum absolute atomic E-state index is 0.106. The van der Waals surface area contributed by atoms with Crippen molar-refractivity contribution in [3.63, 3.8) is 0 Å². The summed E-state index contributed by atoms with van der Waals surface area (Å²) in [7, 11) is 0. The molecule has 86 valence electrons. The van der Waals surface area contributed by atoms with Crippen LogP contribution in [0.3, 0.4) is 0 Å². The topological polar surface area (TPSA) is 40.9 Å². The predicted octanol–water partition coefficient (Wildman–Crippen LogP) is 3.53. The lowest BCUT2D eigenvalue weighted by Gasteiger charge is -2.11. The zero-order valence-corrected chi connectivity index (χ0v) is 10.4. The average Bonchev–Trinajstić information content (AvgIpc) is 2.61. The third-order valence-corrected chi connectivity index (χ3v) is 3.40. The van der Waals surface area contributed by atoms with E-state index < -0.39 is 0 Å². The van der Waals surface area contributed by atoms with E-state index in [1.807, 2.05) is 39.0 Å². The van der Waals surface area contributed by atoms with E-state index in [0.717, 1.165) is 27.8 Å². The lowest BCUT2D eigenvalue weighted by molar-refractivity contribution is 0.0992. The highest BCUT2D eigenvalue weighted by Crippen LogP contribution is 2.37. The first-order chi connectivity index (χ1) is 8.10. The molecular weight excluding hydrogens is 210 g/mol. The largest absolute Gasteiger partial charge is 0.294 e. The first-order valence-electron chi connectivity index (χ1n) is 5.79. The summed E-state index contributed by atoms with van der Waals surface area (Å²) in [5.74, 6) is -0.149. The van der Waals surface area contributed by atoms with Crippen LogP contribution in [0.4, 0.5) is 0 Å². The molecule has 2 heteroatoms. The van der Waals surface area contributed by atoms with Gasteiger partial charge in [-0.2, -0.15) is 5.26 Å². The van der Waals surface area contributed by atoms with E-state index in [1.165, 1.54) is 0 Å². The molecule has 0 aliphatic heterocycles. The van der Waals surface area contributed by atoms with Crippen LogP contribution in [-0.2, 0) is 0 Å². The number of carbonyl (C=O) groups is 1. The molecular formula is C15H15NO. The summed E-state index contributed by atoms with van der Waals surface area (Å²) in [6.07, 6.45) is 4.34. The molecule has 1 aromatic carbocycles. The second-order valence-corrected chi connectivity index (χ2v) is 4.51. The molecule has 0 saturated heterocycles. The van der Waals surface area contributed by atoms with Gasteiger partial charge in [0.05, 0.1) is 12.0 Å². The van der Waals surface area contributed by atoms with Crippen molar-refractivity contribution in [1.29, 1.82) is 5.26 Å². The number of rotatable bonds is 1. The third kappa shape index (κ3) is 1.68. The molecule has 0 radical (unpaired) electrons. The molecule has 1 atom stereocenters. The third-order valence-electron chi connectivity index (χ3n) is 3.40.